The molecule has 2 aromatic rings. The van der Waals surface area contributed by atoms with E-state index in [-0.39, 0.29) is 18.1 Å². The lowest BCUT2D eigenvalue weighted by Gasteiger charge is -2.19. The van der Waals surface area contributed by atoms with Crippen molar-refractivity contribution in [2.75, 3.05) is 12.4 Å². The highest BCUT2D eigenvalue weighted by molar-refractivity contribution is 6.31. The lowest BCUT2D eigenvalue weighted by Crippen LogP contribution is -2.39. The van der Waals surface area contributed by atoms with Crippen LogP contribution in [0.1, 0.15) is 17.7 Å². The Labute approximate surface area is 149 Å². The van der Waals surface area contributed by atoms with Crippen LogP contribution in [-0.2, 0) is 16.1 Å². The van der Waals surface area contributed by atoms with Crippen molar-refractivity contribution in [1.29, 1.82) is 0 Å². The summed E-state index contributed by atoms with van der Waals surface area (Å²) in [7, 11) is 1.51. The molecule has 1 atom stereocenters. The zero-order valence-electron chi connectivity index (χ0n) is 13.8. The van der Waals surface area contributed by atoms with Gasteiger partial charge in [-0.15, -0.1) is 0 Å². The Bertz CT molecular complexity index is 734. The molecular formula is C16H19ClN4O4. The van der Waals surface area contributed by atoms with Gasteiger partial charge in [0.25, 0.3) is 0 Å². The number of amides is 2. The van der Waals surface area contributed by atoms with Crippen molar-refractivity contribution < 1.29 is 18.8 Å². The Balaban J connectivity index is 1.95. The van der Waals surface area contributed by atoms with E-state index in [9.17, 15) is 9.59 Å². The van der Waals surface area contributed by atoms with Gasteiger partial charge in [-0.2, -0.15) is 0 Å². The van der Waals surface area contributed by atoms with Gasteiger partial charge in [-0.05, 0) is 18.6 Å². The van der Waals surface area contributed by atoms with Gasteiger partial charge in [0, 0.05) is 24.7 Å². The molecule has 0 aliphatic carbocycles. The molecule has 0 aliphatic rings. The Morgan fingerprint density at radius 3 is 2.76 bits per heavy atom. The van der Waals surface area contributed by atoms with Crippen LogP contribution < -0.4 is 16.0 Å². The van der Waals surface area contributed by atoms with Crippen LogP contribution in [0.25, 0.3) is 0 Å². The van der Waals surface area contributed by atoms with Crippen LogP contribution in [0.2, 0.25) is 5.02 Å². The van der Waals surface area contributed by atoms with Gasteiger partial charge in [-0.3, -0.25) is 15.4 Å². The van der Waals surface area contributed by atoms with Gasteiger partial charge in [0.15, 0.2) is 12.0 Å². The monoisotopic (exact) mass is 366 g/mol. The molecule has 0 radical (unpaired) electrons. The fraction of sp³-hybridized carbons (Fsp3) is 0.312. The maximum Gasteiger partial charge on any atom is 0.414 e. The van der Waals surface area contributed by atoms with E-state index in [1.54, 1.807) is 19.1 Å². The summed E-state index contributed by atoms with van der Waals surface area (Å²) in [5.74, 6) is 0.503. The summed E-state index contributed by atoms with van der Waals surface area (Å²) in [5, 5.41) is 12.1. The summed E-state index contributed by atoms with van der Waals surface area (Å²) < 4.78 is 10.1. The second kappa shape index (κ2) is 9.05. The second-order valence-electron chi connectivity index (χ2n) is 5.19. The Morgan fingerprint density at radius 2 is 2.12 bits per heavy atom. The standard InChI is InChI=1S/C16H19ClN4O4/c1-10-7-13(21-25-10)20-16(23)24-15(8-14(22)18-2)19-9-11-5-3-4-6-12(11)17/h3-7,15,19H,8-9H2,1-2H3,(H,18,22)(H,20,21,23). The number of rotatable bonds is 7. The zero-order chi connectivity index (χ0) is 18.2. The molecule has 25 heavy (non-hydrogen) atoms. The summed E-state index contributed by atoms with van der Waals surface area (Å²) in [6.07, 6.45) is -1.65. The van der Waals surface area contributed by atoms with E-state index in [1.807, 2.05) is 18.2 Å². The van der Waals surface area contributed by atoms with Crippen molar-refractivity contribution in [1.82, 2.24) is 15.8 Å². The average molecular weight is 367 g/mol. The first kappa shape index (κ1) is 18.8. The van der Waals surface area contributed by atoms with Gasteiger partial charge >= 0.3 is 6.09 Å². The number of carbonyl (C=O) groups excluding carboxylic acids is 2. The van der Waals surface area contributed by atoms with Gasteiger partial charge < -0.3 is 14.6 Å². The van der Waals surface area contributed by atoms with Crippen molar-refractivity contribution in [2.45, 2.75) is 26.1 Å². The maximum absolute atomic E-state index is 12.0. The number of carbonyl (C=O) groups is 2. The zero-order valence-corrected chi connectivity index (χ0v) is 14.6. The van der Waals surface area contributed by atoms with Crippen LogP contribution in [0.15, 0.2) is 34.9 Å². The lowest BCUT2D eigenvalue weighted by molar-refractivity contribution is -0.122. The van der Waals surface area contributed by atoms with E-state index in [1.165, 1.54) is 7.05 Å². The van der Waals surface area contributed by atoms with Gasteiger partial charge in [0.2, 0.25) is 5.91 Å². The Kier molecular flexibility index (Phi) is 6.79. The fourth-order valence-electron chi connectivity index (χ4n) is 1.98. The SMILES string of the molecule is CNC(=O)CC(NCc1ccccc1Cl)OC(=O)Nc1cc(C)on1. The quantitative estimate of drug-likeness (QED) is 0.650. The van der Waals surface area contributed by atoms with Crippen molar-refractivity contribution >= 4 is 29.4 Å². The number of hydrogen-bond donors (Lipinski definition) is 3. The molecule has 2 amide bonds. The largest absolute Gasteiger partial charge is 0.430 e. The molecule has 0 aliphatic heterocycles. The predicted octanol–water partition coefficient (Wildman–Crippen LogP) is 2.44. The third-order valence-corrected chi connectivity index (χ3v) is 3.60. The second-order valence-corrected chi connectivity index (χ2v) is 5.60. The van der Waals surface area contributed by atoms with Crippen LogP contribution >= 0.6 is 11.6 Å². The molecular weight excluding hydrogens is 348 g/mol. The Hall–Kier alpha value is -2.58. The van der Waals surface area contributed by atoms with E-state index in [4.69, 9.17) is 20.9 Å². The molecule has 0 bridgehead atoms. The van der Waals surface area contributed by atoms with E-state index in [0.717, 1.165) is 5.56 Å². The van der Waals surface area contributed by atoms with Gasteiger partial charge in [-0.1, -0.05) is 35.0 Å². The molecule has 3 N–H and O–H groups in total. The fourth-order valence-corrected chi connectivity index (χ4v) is 2.18. The molecule has 8 nitrogen and oxygen atoms in total. The minimum Gasteiger partial charge on any atom is -0.430 e. The highest BCUT2D eigenvalue weighted by Gasteiger charge is 2.19. The summed E-state index contributed by atoms with van der Waals surface area (Å²) >= 11 is 6.10. The summed E-state index contributed by atoms with van der Waals surface area (Å²) in [4.78, 5) is 23.6. The van der Waals surface area contributed by atoms with E-state index in [0.29, 0.717) is 17.3 Å². The number of aryl methyl sites for hydroxylation is 1. The molecule has 0 saturated heterocycles. The maximum atomic E-state index is 12.0. The van der Waals surface area contributed by atoms with Crippen molar-refractivity contribution in [2.24, 2.45) is 0 Å². The van der Waals surface area contributed by atoms with Gasteiger partial charge in [0.05, 0.1) is 6.42 Å². The smallest absolute Gasteiger partial charge is 0.414 e. The molecule has 1 aromatic carbocycles. The molecule has 0 fully saturated rings. The minimum atomic E-state index is -0.843. The number of aromatic nitrogens is 1. The first-order chi connectivity index (χ1) is 12.0. The molecule has 2 rings (SSSR count). The number of nitrogens with one attached hydrogen (secondary N) is 3. The average Bonchev–Trinajstić information content (AvgIpc) is 2.98. The summed E-state index contributed by atoms with van der Waals surface area (Å²) in [5.41, 5.74) is 0.821. The number of ether oxygens (including phenoxy) is 1. The van der Waals surface area contributed by atoms with Crippen molar-refractivity contribution in [3.63, 3.8) is 0 Å². The van der Waals surface area contributed by atoms with Crippen LogP contribution in [0.4, 0.5) is 10.6 Å². The van der Waals surface area contributed by atoms with E-state index in [2.05, 4.69) is 21.1 Å². The van der Waals surface area contributed by atoms with E-state index < -0.39 is 12.3 Å². The number of nitrogens with zero attached hydrogens (tertiary/aromatic N) is 1. The molecule has 1 heterocycles. The van der Waals surface area contributed by atoms with Crippen LogP contribution in [0.5, 0.6) is 0 Å². The van der Waals surface area contributed by atoms with Crippen LogP contribution in [0.3, 0.4) is 0 Å². The Morgan fingerprint density at radius 1 is 1.36 bits per heavy atom. The summed E-state index contributed by atoms with van der Waals surface area (Å²) in [6.45, 7) is 2.03. The van der Waals surface area contributed by atoms with Crippen molar-refractivity contribution in [3.05, 3.63) is 46.7 Å². The predicted molar refractivity (Wildman–Crippen MR) is 92.1 cm³/mol. The summed E-state index contributed by atoms with van der Waals surface area (Å²) in [6, 6.07) is 8.80. The van der Waals surface area contributed by atoms with Crippen LogP contribution in [0, 0.1) is 6.92 Å². The normalized spacial score (nSPS) is 11.6. The number of benzene rings is 1. The third-order valence-electron chi connectivity index (χ3n) is 3.24. The van der Waals surface area contributed by atoms with Gasteiger partial charge in [-0.25, -0.2) is 4.79 Å². The molecule has 0 spiro atoms. The molecule has 1 aromatic heterocycles. The highest BCUT2D eigenvalue weighted by atomic mass is 35.5. The molecule has 1 unspecified atom stereocenters. The van der Waals surface area contributed by atoms with Crippen molar-refractivity contribution in [3.8, 4) is 0 Å². The highest BCUT2D eigenvalue weighted by Crippen LogP contribution is 2.15. The third kappa shape index (κ3) is 6.09. The topological polar surface area (TPSA) is 105 Å². The number of anilines is 1. The molecule has 0 saturated carbocycles. The molecule has 134 valence electrons. The minimum absolute atomic E-state index is 0.0494. The lowest BCUT2D eigenvalue weighted by atomic mass is 10.2. The van der Waals surface area contributed by atoms with Crippen LogP contribution in [-0.4, -0.2) is 30.4 Å². The van der Waals surface area contributed by atoms with E-state index >= 15 is 0 Å². The first-order valence-electron chi connectivity index (χ1n) is 7.56. The number of hydrogen-bond acceptors (Lipinski definition) is 6. The van der Waals surface area contributed by atoms with Gasteiger partial charge in [0.1, 0.15) is 5.76 Å². The number of halogens is 1. The first-order valence-corrected chi connectivity index (χ1v) is 7.94. The molecule has 9 heteroatoms.